The monoisotopic (exact) mass is 444 g/mol. The normalized spacial score (nSPS) is 11.2. The van der Waals surface area contributed by atoms with Crippen molar-refractivity contribution in [3.63, 3.8) is 0 Å². The highest BCUT2D eigenvalue weighted by molar-refractivity contribution is 7.99. The summed E-state index contributed by atoms with van der Waals surface area (Å²) in [5.74, 6) is 0.200. The molecule has 3 rings (SSSR count). The number of carbonyl (C=O) groups excluding carboxylic acids is 1. The lowest BCUT2D eigenvalue weighted by Gasteiger charge is -2.12. The van der Waals surface area contributed by atoms with Crippen LogP contribution in [-0.4, -0.2) is 32.7 Å². The molecule has 160 valence electrons. The zero-order valence-electron chi connectivity index (χ0n) is 17.7. The van der Waals surface area contributed by atoms with E-state index in [4.69, 9.17) is 4.98 Å². The number of thioether (sulfide) groups is 1. The number of nitrogens with zero attached hydrogens (tertiary/aromatic N) is 3. The summed E-state index contributed by atoms with van der Waals surface area (Å²) in [4.78, 5) is 36.5. The van der Waals surface area contributed by atoms with Gasteiger partial charge in [0.2, 0.25) is 5.91 Å². The maximum atomic E-state index is 13.3. The van der Waals surface area contributed by atoms with E-state index in [1.165, 1.54) is 35.9 Å². The van der Waals surface area contributed by atoms with Gasteiger partial charge in [-0.1, -0.05) is 44.0 Å². The van der Waals surface area contributed by atoms with Gasteiger partial charge in [0.05, 0.1) is 23.4 Å². The summed E-state index contributed by atoms with van der Waals surface area (Å²) < 4.78 is 1.64. The van der Waals surface area contributed by atoms with E-state index in [9.17, 15) is 9.59 Å². The Kier molecular flexibility index (Phi) is 8.04. The molecular weight excluding hydrogens is 416 g/mol. The minimum Gasteiger partial charge on any atom is -0.355 e. The van der Waals surface area contributed by atoms with E-state index in [-0.39, 0.29) is 17.2 Å². The van der Waals surface area contributed by atoms with E-state index in [2.05, 4.69) is 17.2 Å². The zero-order valence-corrected chi connectivity index (χ0v) is 19.4. The molecule has 0 radical (unpaired) electrons. The van der Waals surface area contributed by atoms with Crippen LogP contribution in [0.25, 0.3) is 10.2 Å². The quantitative estimate of drug-likeness (QED) is 0.286. The minimum atomic E-state index is -0.0741. The Morgan fingerprint density at radius 1 is 1.23 bits per heavy atom. The third-order valence-electron chi connectivity index (χ3n) is 4.98. The number of aromatic nitrogens is 3. The summed E-state index contributed by atoms with van der Waals surface area (Å²) in [7, 11) is 0. The van der Waals surface area contributed by atoms with Crippen LogP contribution in [0.4, 0.5) is 0 Å². The summed E-state index contributed by atoms with van der Waals surface area (Å²) in [5.41, 5.74) is 1.69. The molecule has 0 atom stereocenters. The van der Waals surface area contributed by atoms with Gasteiger partial charge in [0.25, 0.3) is 5.56 Å². The molecule has 0 unspecified atom stereocenters. The second kappa shape index (κ2) is 10.7. The van der Waals surface area contributed by atoms with Crippen LogP contribution >= 0.6 is 23.1 Å². The second-order valence-electron chi connectivity index (χ2n) is 7.27. The van der Waals surface area contributed by atoms with Crippen molar-refractivity contribution in [3.05, 3.63) is 50.9 Å². The van der Waals surface area contributed by atoms with Gasteiger partial charge in [-0.3, -0.25) is 19.1 Å². The number of fused-ring (bicyclic) bond motifs is 1. The van der Waals surface area contributed by atoms with Gasteiger partial charge >= 0.3 is 0 Å². The Morgan fingerprint density at radius 3 is 2.80 bits per heavy atom. The van der Waals surface area contributed by atoms with Gasteiger partial charge in [0, 0.05) is 17.6 Å². The lowest BCUT2D eigenvalue weighted by atomic mass is 10.2. The number of hydrogen-bond acceptors (Lipinski definition) is 6. The number of aryl methyl sites for hydroxylation is 2. The van der Waals surface area contributed by atoms with Gasteiger partial charge in [-0.15, -0.1) is 11.3 Å². The molecule has 0 spiro atoms. The number of thiophene rings is 1. The lowest BCUT2D eigenvalue weighted by Crippen LogP contribution is -2.28. The molecule has 0 bridgehead atoms. The average Bonchev–Trinajstić information content (AvgIpc) is 3.03. The Morgan fingerprint density at radius 2 is 2.07 bits per heavy atom. The van der Waals surface area contributed by atoms with Gasteiger partial charge in [-0.05, 0) is 38.0 Å². The fourth-order valence-electron chi connectivity index (χ4n) is 3.17. The Hall–Kier alpha value is -2.19. The number of pyridine rings is 1. The van der Waals surface area contributed by atoms with E-state index in [0.29, 0.717) is 23.6 Å². The largest absolute Gasteiger partial charge is 0.355 e. The number of hydrogen-bond donors (Lipinski definition) is 1. The second-order valence-corrected chi connectivity index (χ2v) is 9.42. The Bertz CT molecular complexity index is 1060. The van der Waals surface area contributed by atoms with Crippen molar-refractivity contribution in [3.8, 4) is 0 Å². The SMILES string of the molecule is CCCCCCNC(=O)CSc1nc2sc(C)c(C)c2c(=O)n1Cc1ccccn1. The smallest absolute Gasteiger partial charge is 0.263 e. The number of amides is 1. The van der Waals surface area contributed by atoms with E-state index >= 15 is 0 Å². The molecule has 3 heterocycles. The van der Waals surface area contributed by atoms with Gasteiger partial charge < -0.3 is 5.32 Å². The van der Waals surface area contributed by atoms with Crippen molar-refractivity contribution in [2.45, 2.75) is 58.2 Å². The van der Waals surface area contributed by atoms with Crippen LogP contribution in [0.3, 0.4) is 0 Å². The number of carbonyl (C=O) groups is 1. The predicted molar refractivity (Wildman–Crippen MR) is 125 cm³/mol. The third kappa shape index (κ3) is 5.49. The highest BCUT2D eigenvalue weighted by Crippen LogP contribution is 2.28. The van der Waals surface area contributed by atoms with Crippen molar-refractivity contribution >= 4 is 39.2 Å². The molecule has 3 aromatic heterocycles. The minimum absolute atomic E-state index is 0.0335. The first-order chi connectivity index (χ1) is 14.5. The van der Waals surface area contributed by atoms with Gasteiger partial charge in [-0.2, -0.15) is 0 Å². The van der Waals surface area contributed by atoms with Crippen LogP contribution in [0, 0.1) is 13.8 Å². The van der Waals surface area contributed by atoms with Crippen molar-refractivity contribution in [1.82, 2.24) is 19.9 Å². The molecule has 0 aromatic carbocycles. The topological polar surface area (TPSA) is 76.9 Å². The molecule has 0 aliphatic heterocycles. The number of rotatable bonds is 10. The number of nitrogens with one attached hydrogen (secondary N) is 1. The third-order valence-corrected chi connectivity index (χ3v) is 7.06. The summed E-state index contributed by atoms with van der Waals surface area (Å²) >= 11 is 2.83. The van der Waals surface area contributed by atoms with Gasteiger partial charge in [0.15, 0.2) is 5.16 Å². The Labute approximate surface area is 185 Å². The summed E-state index contributed by atoms with van der Waals surface area (Å²) in [5, 5.41) is 4.18. The molecule has 0 fully saturated rings. The molecular formula is C22H28N4O2S2. The van der Waals surface area contributed by atoms with Crippen molar-refractivity contribution in [2.75, 3.05) is 12.3 Å². The van der Waals surface area contributed by atoms with Crippen molar-refractivity contribution in [1.29, 1.82) is 0 Å². The molecule has 6 nitrogen and oxygen atoms in total. The van der Waals surface area contributed by atoms with Crippen LogP contribution in [-0.2, 0) is 11.3 Å². The van der Waals surface area contributed by atoms with Crippen LogP contribution in [0.15, 0.2) is 34.3 Å². The van der Waals surface area contributed by atoms with Crippen LogP contribution < -0.4 is 10.9 Å². The fraction of sp³-hybridized carbons (Fsp3) is 0.455. The van der Waals surface area contributed by atoms with Gasteiger partial charge in [-0.25, -0.2) is 4.98 Å². The molecule has 0 aliphatic carbocycles. The standard InChI is InChI=1S/C22H28N4O2S2/c1-4-5-6-8-12-24-18(27)14-29-22-25-20-19(15(2)16(3)30-20)21(28)26(22)13-17-10-7-9-11-23-17/h7,9-11H,4-6,8,12-14H2,1-3H3,(H,24,27). The van der Waals surface area contributed by atoms with E-state index in [0.717, 1.165) is 33.8 Å². The van der Waals surface area contributed by atoms with E-state index < -0.39 is 0 Å². The molecule has 0 saturated heterocycles. The Balaban J connectivity index is 1.81. The van der Waals surface area contributed by atoms with Crippen LogP contribution in [0.5, 0.6) is 0 Å². The first-order valence-electron chi connectivity index (χ1n) is 10.3. The summed E-state index contributed by atoms with van der Waals surface area (Å²) in [6, 6.07) is 5.64. The van der Waals surface area contributed by atoms with Crippen molar-refractivity contribution < 1.29 is 4.79 Å². The summed E-state index contributed by atoms with van der Waals surface area (Å²) in [6.07, 6.45) is 6.20. The van der Waals surface area contributed by atoms with E-state index in [1.54, 1.807) is 10.8 Å². The van der Waals surface area contributed by atoms with E-state index in [1.807, 2.05) is 32.0 Å². The fourth-order valence-corrected chi connectivity index (χ4v) is 5.07. The first kappa shape index (κ1) is 22.5. The van der Waals surface area contributed by atoms with Gasteiger partial charge in [0.1, 0.15) is 4.83 Å². The van der Waals surface area contributed by atoms with Crippen molar-refractivity contribution in [2.24, 2.45) is 0 Å². The maximum Gasteiger partial charge on any atom is 0.263 e. The lowest BCUT2D eigenvalue weighted by molar-refractivity contribution is -0.118. The predicted octanol–water partition coefficient (Wildman–Crippen LogP) is 4.31. The van der Waals surface area contributed by atoms with Crippen LogP contribution in [0.2, 0.25) is 0 Å². The molecule has 0 saturated carbocycles. The molecule has 0 aliphatic rings. The molecule has 30 heavy (non-hydrogen) atoms. The zero-order chi connectivity index (χ0) is 21.5. The highest BCUT2D eigenvalue weighted by atomic mass is 32.2. The molecule has 8 heteroatoms. The maximum absolute atomic E-state index is 13.3. The molecule has 1 N–H and O–H groups in total. The van der Waals surface area contributed by atoms with Crippen LogP contribution in [0.1, 0.15) is 48.7 Å². The number of unbranched alkanes of at least 4 members (excludes halogenated alkanes) is 3. The average molecular weight is 445 g/mol. The highest BCUT2D eigenvalue weighted by Gasteiger charge is 2.18. The summed E-state index contributed by atoms with van der Waals surface area (Å²) in [6.45, 7) is 7.15. The molecule has 1 amide bonds. The first-order valence-corrected chi connectivity index (χ1v) is 12.1. The molecule has 3 aromatic rings.